The first-order chi connectivity index (χ1) is 46.9. The van der Waals surface area contributed by atoms with Crippen molar-refractivity contribution in [3.63, 3.8) is 0 Å². The van der Waals surface area contributed by atoms with Gasteiger partial charge in [-0.3, -0.25) is 47.2 Å². The standard InChI is InChI=1S/C74H87BF2N4O18/c1-42-37-44(3)79-60(42)53(62-43(2)38-45(4)81(62)75(76)77)34-35-58(86)99-78-36-23-12-11-22-31-52(84)32-24-33-57(85)96-55-39-56-73(41-93-56,98-48(7)83)65-67(97-69(90)51-29-20-15-21-30-51)74(92)40-54(46(5)59(71(74,8)9)64(94-47(6)82)66(88)72(55,65)10)95-70(91)63(87)61(49-25-16-13-17-26-49)80-68(89)50-27-18-14-19-28-50/h13-21,25-30,37-38,54-56,61,63-65,67,78,87,92H,11-12,22-24,31-36,39-41H2,1-10H3,(H,80,89)/b60-53-/t54?,55-,56+,61?,63?,64+,65?,67?,72+,73-,74+/m0/s1. The fraction of sp³-hybridized carbons (Fsp3) is 0.486. The molecule has 1 saturated heterocycles. The van der Waals surface area contributed by atoms with Crippen molar-refractivity contribution in [2.24, 2.45) is 21.7 Å². The maximum Gasteiger partial charge on any atom is 0.677 e. The third kappa shape index (κ3) is 15.7. The number of hydrogen-bond acceptors (Lipinski definition) is 20. The Hall–Kier alpha value is -8.78. The summed E-state index contributed by atoms with van der Waals surface area (Å²) in [6.07, 6.45) is -7.07. The molecule has 22 nitrogen and oxygen atoms in total. The molecule has 2 saturated carbocycles. The van der Waals surface area contributed by atoms with E-state index < -0.39 is 139 Å². The quantitative estimate of drug-likeness (QED) is 0.0103. The van der Waals surface area contributed by atoms with Crippen LogP contribution in [0, 0.1) is 30.6 Å². The van der Waals surface area contributed by atoms with Crippen molar-refractivity contribution < 1.29 is 95.3 Å². The van der Waals surface area contributed by atoms with E-state index >= 15 is 4.79 Å². The first kappa shape index (κ1) is 74.4. The molecule has 1 amide bonds. The van der Waals surface area contributed by atoms with Crippen LogP contribution < -0.4 is 10.8 Å². The number of aryl methyl sites for hydroxylation is 2. The van der Waals surface area contributed by atoms with Crippen molar-refractivity contribution in [3.05, 3.63) is 159 Å². The van der Waals surface area contributed by atoms with E-state index in [-0.39, 0.29) is 73.0 Å². The number of Topliss-reactive ketones (excluding diaryl/α,β-unsaturated/α-hetero) is 2. The number of nitrogens with one attached hydrogen (secondary N) is 2. The molecule has 2 bridgehead atoms. The number of esters is 5. The number of unbranched alkanes of at least 4 members (excludes halogenated alkanes) is 3. The summed E-state index contributed by atoms with van der Waals surface area (Å²) in [7, 11) is -2.80. The summed E-state index contributed by atoms with van der Waals surface area (Å²) in [5.41, 5.74) is -1.30. The van der Waals surface area contributed by atoms with Crippen LogP contribution in [-0.4, -0.2) is 142 Å². The average Bonchev–Trinajstić information content (AvgIpc) is 1.06. The van der Waals surface area contributed by atoms with E-state index in [0.29, 0.717) is 66.0 Å². The van der Waals surface area contributed by atoms with E-state index in [1.807, 2.05) is 19.9 Å². The Morgan fingerprint density at radius 3 is 2.00 bits per heavy atom. The number of rotatable bonds is 28. The number of ketones is 2. The van der Waals surface area contributed by atoms with Crippen LogP contribution in [0.3, 0.4) is 0 Å². The highest BCUT2D eigenvalue weighted by Gasteiger charge is 2.79. The van der Waals surface area contributed by atoms with E-state index in [9.17, 15) is 57.2 Å². The van der Waals surface area contributed by atoms with Crippen LogP contribution in [0.15, 0.2) is 131 Å². The third-order valence-corrected chi connectivity index (χ3v) is 20.1. The summed E-state index contributed by atoms with van der Waals surface area (Å²) < 4.78 is 67.2. The minimum Gasteiger partial charge on any atom is -0.461 e. The lowest BCUT2D eigenvalue weighted by Gasteiger charge is -2.67. The second kappa shape index (κ2) is 31.2. The highest BCUT2D eigenvalue weighted by atomic mass is 19.2. The molecular formula is C74H87BF2N4O18. The van der Waals surface area contributed by atoms with E-state index in [1.54, 1.807) is 98.8 Å². The number of allylic oxidation sites excluding steroid dienone is 3. The minimum atomic E-state index is -2.80. The van der Waals surface area contributed by atoms with Gasteiger partial charge in [0.15, 0.2) is 23.6 Å². The topological polar surface area (TPSA) is 300 Å². The van der Waals surface area contributed by atoms with Crippen LogP contribution in [0.4, 0.5) is 8.63 Å². The number of hydrogen-bond donors (Lipinski definition) is 4. The number of halogens is 2. The molecule has 3 aliphatic carbocycles. The van der Waals surface area contributed by atoms with Crippen LogP contribution in [-0.2, 0) is 66.8 Å². The van der Waals surface area contributed by atoms with Crippen LogP contribution >= 0.6 is 0 Å². The van der Waals surface area contributed by atoms with Gasteiger partial charge in [0.05, 0.1) is 41.7 Å². The van der Waals surface area contributed by atoms with Gasteiger partial charge >= 0.3 is 43.2 Å². The molecular weight excluding hydrogens is 1280 g/mol. The number of carbonyl (C=O) groups is 9. The number of aliphatic hydroxyl groups excluding tert-OH is 1. The van der Waals surface area contributed by atoms with Crippen LogP contribution in [0.1, 0.15) is 182 Å². The first-order valence-electron chi connectivity index (χ1n) is 33.5. The minimum absolute atomic E-state index is 0.000314. The van der Waals surface area contributed by atoms with Gasteiger partial charge in [0, 0.05) is 86.1 Å². The van der Waals surface area contributed by atoms with E-state index in [1.165, 1.54) is 39.8 Å². The van der Waals surface area contributed by atoms with Gasteiger partial charge in [-0.05, 0) is 131 Å². The second-order valence-electron chi connectivity index (χ2n) is 27.1. The SMILES string of the molecule is CC(=O)O[C@H]1C(=O)[C@@]2(C)C(C(OC(=O)c3ccccc3)[C@]3(O)CC(OC(=O)C(O)C(NC(=O)c4ccccc4)c4ccccc4)C(C)=C1C3(C)C)[C@]1(OC(C)=O)CO[C@@H]1C[C@@H]2OC(=O)CCCC(=O)CCCCCCNOC(=O)CC/C(=C1/N=C(C)C=C1C)c1c(C)cc(C)n1B(F)F. The maximum absolute atomic E-state index is 16.4. The molecule has 4 N–H and O–H groups in total. The Bertz CT molecular complexity index is 3870. The summed E-state index contributed by atoms with van der Waals surface area (Å²) >= 11 is 0. The van der Waals surface area contributed by atoms with Crippen LogP contribution in [0.2, 0.25) is 0 Å². The maximum atomic E-state index is 16.4. The molecule has 2 aliphatic heterocycles. The number of carbonyl (C=O) groups excluding carboxylic acids is 9. The molecule has 1 aromatic heterocycles. The zero-order chi connectivity index (χ0) is 71.9. The van der Waals surface area contributed by atoms with E-state index in [0.717, 1.165) is 29.6 Å². The highest BCUT2D eigenvalue weighted by Crippen LogP contribution is 2.65. The zero-order valence-corrected chi connectivity index (χ0v) is 57.5. The van der Waals surface area contributed by atoms with E-state index in [4.69, 9.17) is 33.3 Å². The van der Waals surface area contributed by atoms with Crippen molar-refractivity contribution in [2.75, 3.05) is 13.2 Å². The fourth-order valence-corrected chi connectivity index (χ4v) is 15.2. The normalized spacial score (nSPS) is 25.5. The summed E-state index contributed by atoms with van der Waals surface area (Å²) in [6, 6.07) is 24.2. The molecule has 3 fully saturated rings. The van der Waals surface area contributed by atoms with Crippen LogP contribution in [0.5, 0.6) is 0 Å². The number of aromatic nitrogens is 1. The molecule has 99 heavy (non-hydrogen) atoms. The van der Waals surface area contributed by atoms with E-state index in [2.05, 4.69) is 15.8 Å². The Labute approximate surface area is 574 Å². The van der Waals surface area contributed by atoms with Crippen molar-refractivity contribution in [3.8, 4) is 0 Å². The molecule has 5 aliphatic rings. The molecule has 3 heterocycles. The number of ether oxygens (including phenoxy) is 6. The molecule has 11 atom stereocenters. The first-order valence-corrected chi connectivity index (χ1v) is 33.5. The Balaban J connectivity index is 0.898. The van der Waals surface area contributed by atoms with Gasteiger partial charge in [0.25, 0.3) is 5.91 Å². The van der Waals surface area contributed by atoms with Gasteiger partial charge in [-0.1, -0.05) is 93.4 Å². The number of hydroxylamine groups is 1. The number of nitrogens with zero attached hydrogens (tertiary/aromatic N) is 2. The molecule has 9 rings (SSSR count). The summed E-state index contributed by atoms with van der Waals surface area (Å²) in [5.74, 6) is -8.95. The Morgan fingerprint density at radius 2 is 1.39 bits per heavy atom. The molecule has 3 aromatic carbocycles. The lowest BCUT2D eigenvalue weighted by Crippen LogP contribution is -2.82. The van der Waals surface area contributed by atoms with Gasteiger partial charge in [-0.2, -0.15) is 5.48 Å². The number of fused-ring (bicyclic) bond motifs is 5. The van der Waals surface area contributed by atoms with Crippen molar-refractivity contribution >= 4 is 72.0 Å². The van der Waals surface area contributed by atoms with Gasteiger partial charge in [-0.25, -0.2) is 9.59 Å². The highest BCUT2D eigenvalue weighted by molar-refractivity contribution is 6.41. The van der Waals surface area contributed by atoms with Crippen molar-refractivity contribution in [2.45, 2.75) is 200 Å². The largest absolute Gasteiger partial charge is 0.677 e. The molecule has 4 aromatic rings. The molecule has 5 unspecified atom stereocenters. The molecule has 25 heteroatoms. The number of benzene rings is 3. The van der Waals surface area contributed by atoms with Gasteiger partial charge in [0.2, 0.25) is 0 Å². The average molecular weight is 1370 g/mol. The summed E-state index contributed by atoms with van der Waals surface area (Å²) in [6.45, 7) is 15.1. The van der Waals surface area contributed by atoms with Gasteiger partial charge < -0.3 is 53.3 Å². The molecule has 528 valence electrons. The monoisotopic (exact) mass is 1370 g/mol. The summed E-state index contributed by atoms with van der Waals surface area (Å²) in [5, 5.41) is 29.0. The molecule has 0 radical (unpaired) electrons. The van der Waals surface area contributed by atoms with Gasteiger partial charge in [-0.15, -0.1) is 0 Å². The third-order valence-electron chi connectivity index (χ3n) is 20.1. The van der Waals surface area contributed by atoms with Gasteiger partial charge in [0.1, 0.15) is 35.8 Å². The fourth-order valence-electron chi connectivity index (χ4n) is 15.2. The Kier molecular flexibility index (Phi) is 23.5. The number of aliphatic hydroxyl groups is 2. The predicted molar refractivity (Wildman–Crippen MR) is 358 cm³/mol. The van der Waals surface area contributed by atoms with Crippen molar-refractivity contribution in [1.29, 1.82) is 0 Å². The lowest BCUT2D eigenvalue weighted by atomic mass is 9.44. The predicted octanol–water partition coefficient (Wildman–Crippen LogP) is 9.83. The Morgan fingerprint density at radius 1 is 0.758 bits per heavy atom. The van der Waals surface area contributed by atoms with Crippen LogP contribution in [0.25, 0.3) is 5.57 Å². The molecule has 0 spiro atoms. The second-order valence-corrected chi connectivity index (χ2v) is 27.1. The smallest absolute Gasteiger partial charge is 0.461 e. The van der Waals surface area contributed by atoms with Crippen molar-refractivity contribution in [1.82, 2.24) is 15.3 Å². The zero-order valence-electron chi connectivity index (χ0n) is 57.5. The number of aliphatic imine (C=N–C) groups is 1. The lowest BCUT2D eigenvalue weighted by molar-refractivity contribution is -0.346. The summed E-state index contributed by atoms with van der Waals surface area (Å²) in [4.78, 5) is 137. The number of amides is 1.